The fourth-order valence-electron chi connectivity index (χ4n) is 5.31. The number of pyridine rings is 2. The van der Waals surface area contributed by atoms with Gasteiger partial charge in [0.25, 0.3) is 5.91 Å². The number of anilines is 1. The van der Waals surface area contributed by atoms with Gasteiger partial charge in [-0.2, -0.15) is 13.2 Å². The molecule has 3 aromatic heterocycles. The summed E-state index contributed by atoms with van der Waals surface area (Å²) in [6, 6.07) is 11.5. The Labute approximate surface area is 243 Å². The molecule has 3 heterocycles. The van der Waals surface area contributed by atoms with Gasteiger partial charge >= 0.3 is 11.9 Å². The van der Waals surface area contributed by atoms with Crippen LogP contribution in [-0.4, -0.2) is 37.0 Å². The zero-order chi connectivity index (χ0) is 30.0. The number of carbonyl (C=O) groups is 2. The van der Waals surface area contributed by atoms with E-state index in [0.717, 1.165) is 17.8 Å². The lowest BCUT2D eigenvalue weighted by atomic mass is 9.85. The lowest BCUT2D eigenvalue weighted by Crippen LogP contribution is -2.39. The van der Waals surface area contributed by atoms with Crippen LogP contribution in [0.4, 0.5) is 19.0 Å². The first-order valence-corrected chi connectivity index (χ1v) is 13.9. The number of imidazole rings is 1. The van der Waals surface area contributed by atoms with Gasteiger partial charge in [0, 0.05) is 25.2 Å². The van der Waals surface area contributed by atoms with Crippen LogP contribution >= 0.6 is 11.6 Å². The first kappa shape index (κ1) is 29.3. The van der Waals surface area contributed by atoms with Crippen molar-refractivity contribution in [2.45, 2.75) is 57.8 Å². The zero-order valence-electron chi connectivity index (χ0n) is 22.6. The summed E-state index contributed by atoms with van der Waals surface area (Å²) in [7, 11) is 0. The van der Waals surface area contributed by atoms with Crippen LogP contribution in [0.15, 0.2) is 59.7 Å². The van der Waals surface area contributed by atoms with Crippen LogP contribution in [0.2, 0.25) is 5.02 Å². The minimum Gasteiger partial charge on any atom is -0.349 e. The number of rotatable bonds is 7. The van der Waals surface area contributed by atoms with E-state index in [1.54, 1.807) is 28.2 Å². The maximum atomic E-state index is 13.6. The van der Waals surface area contributed by atoms with Crippen molar-refractivity contribution >= 4 is 40.3 Å². The van der Waals surface area contributed by atoms with E-state index in [0.29, 0.717) is 55.7 Å². The SMILES string of the molecule is CCC(=O)Nc1ccc(-n2c(=O)n(CC3CCC(NC(=O)c4cc(Cl)cnc4C(F)(F)F)CC3)c3ccccc32)cn1. The number of fused-ring (bicyclic) bond motifs is 1. The second-order valence-electron chi connectivity index (χ2n) is 10.3. The van der Waals surface area contributed by atoms with Crippen molar-refractivity contribution in [3.05, 3.63) is 81.6 Å². The molecular weight excluding hydrogens is 573 g/mol. The van der Waals surface area contributed by atoms with Gasteiger partial charge < -0.3 is 10.6 Å². The number of carbonyl (C=O) groups excluding carboxylic acids is 2. The maximum absolute atomic E-state index is 13.6. The second-order valence-corrected chi connectivity index (χ2v) is 10.7. The number of amides is 2. The molecule has 0 atom stereocenters. The molecule has 2 amide bonds. The summed E-state index contributed by atoms with van der Waals surface area (Å²) >= 11 is 5.82. The van der Waals surface area contributed by atoms with Crippen LogP contribution in [0.25, 0.3) is 16.7 Å². The van der Waals surface area contributed by atoms with Gasteiger partial charge in [0.2, 0.25) is 5.91 Å². The fraction of sp³-hybridized carbons (Fsp3) is 0.345. The van der Waals surface area contributed by atoms with Crippen molar-refractivity contribution in [2.24, 2.45) is 5.92 Å². The Morgan fingerprint density at radius 3 is 2.38 bits per heavy atom. The third-order valence-electron chi connectivity index (χ3n) is 7.42. The van der Waals surface area contributed by atoms with Crippen molar-refractivity contribution in [1.29, 1.82) is 0 Å². The Balaban J connectivity index is 1.29. The summed E-state index contributed by atoms with van der Waals surface area (Å²) in [5.74, 6) is -0.509. The number of hydrogen-bond acceptors (Lipinski definition) is 5. The Bertz CT molecular complexity index is 1670. The van der Waals surface area contributed by atoms with Crippen LogP contribution in [0.3, 0.4) is 0 Å². The minimum absolute atomic E-state index is 0.0588. The highest BCUT2D eigenvalue weighted by Crippen LogP contribution is 2.32. The van der Waals surface area contributed by atoms with Gasteiger partial charge in [0.15, 0.2) is 5.69 Å². The van der Waals surface area contributed by atoms with E-state index in [2.05, 4.69) is 20.6 Å². The fourth-order valence-corrected chi connectivity index (χ4v) is 5.46. The monoisotopic (exact) mass is 600 g/mol. The molecule has 0 radical (unpaired) electrons. The molecular formula is C29H28ClF3N6O3. The molecule has 220 valence electrons. The highest BCUT2D eigenvalue weighted by Gasteiger charge is 2.38. The van der Waals surface area contributed by atoms with Gasteiger partial charge in [-0.05, 0) is 61.9 Å². The quantitative estimate of drug-likeness (QED) is 0.287. The van der Waals surface area contributed by atoms with E-state index in [-0.39, 0.29) is 28.6 Å². The summed E-state index contributed by atoms with van der Waals surface area (Å²) in [4.78, 5) is 45.7. The average Bonchev–Trinajstić information content (AvgIpc) is 3.24. The van der Waals surface area contributed by atoms with E-state index in [4.69, 9.17) is 11.6 Å². The number of para-hydroxylation sites is 2. The molecule has 9 nitrogen and oxygen atoms in total. The molecule has 0 aliphatic heterocycles. The van der Waals surface area contributed by atoms with Gasteiger partial charge in [0.1, 0.15) is 5.82 Å². The molecule has 13 heteroatoms. The number of halogens is 4. The predicted octanol–water partition coefficient (Wildman–Crippen LogP) is 5.59. The third-order valence-corrected chi connectivity index (χ3v) is 7.63. The average molecular weight is 601 g/mol. The molecule has 1 fully saturated rings. The van der Waals surface area contributed by atoms with Crippen LogP contribution < -0.4 is 16.3 Å². The molecule has 4 aromatic rings. The highest BCUT2D eigenvalue weighted by atomic mass is 35.5. The topological polar surface area (TPSA) is 111 Å². The standard InChI is InChI=1S/C29H28ClF3N6O3/c1-2-25(40)37-24-12-11-20(15-34-24)39-23-6-4-3-5-22(23)38(28(39)42)16-17-7-9-19(10-8-17)36-27(41)21-13-18(30)14-35-26(21)29(31,32)33/h3-6,11-15,17,19H,2,7-10,16H2,1H3,(H,36,41)(H,34,37,40). The van der Waals surface area contributed by atoms with Gasteiger partial charge in [-0.25, -0.2) is 14.8 Å². The normalized spacial score (nSPS) is 17.3. The number of nitrogens with zero attached hydrogens (tertiary/aromatic N) is 4. The molecule has 0 spiro atoms. The Morgan fingerprint density at radius 1 is 1.02 bits per heavy atom. The number of benzene rings is 1. The number of aromatic nitrogens is 4. The van der Waals surface area contributed by atoms with Crippen molar-refractivity contribution in [1.82, 2.24) is 24.4 Å². The second kappa shape index (κ2) is 12.0. The molecule has 0 saturated heterocycles. The molecule has 42 heavy (non-hydrogen) atoms. The third kappa shape index (κ3) is 6.18. The van der Waals surface area contributed by atoms with Gasteiger partial charge in [-0.1, -0.05) is 30.7 Å². The largest absolute Gasteiger partial charge is 0.434 e. The van der Waals surface area contributed by atoms with Crippen molar-refractivity contribution in [3.63, 3.8) is 0 Å². The van der Waals surface area contributed by atoms with E-state index >= 15 is 0 Å². The Morgan fingerprint density at radius 2 is 1.74 bits per heavy atom. The first-order valence-electron chi connectivity index (χ1n) is 13.5. The van der Waals surface area contributed by atoms with E-state index in [9.17, 15) is 27.6 Å². The first-order chi connectivity index (χ1) is 20.0. The lowest BCUT2D eigenvalue weighted by Gasteiger charge is -2.29. The van der Waals surface area contributed by atoms with E-state index in [1.165, 1.54) is 6.20 Å². The highest BCUT2D eigenvalue weighted by molar-refractivity contribution is 6.30. The van der Waals surface area contributed by atoms with Crippen LogP contribution in [0.5, 0.6) is 0 Å². The summed E-state index contributed by atoms with van der Waals surface area (Å²) in [6.07, 6.45) is 0.380. The molecule has 5 rings (SSSR count). The van der Waals surface area contributed by atoms with Crippen molar-refractivity contribution in [3.8, 4) is 5.69 Å². The smallest absolute Gasteiger partial charge is 0.349 e. The number of nitrogens with one attached hydrogen (secondary N) is 2. The van der Waals surface area contributed by atoms with Crippen LogP contribution in [0.1, 0.15) is 55.1 Å². The molecule has 2 N–H and O–H groups in total. The summed E-state index contributed by atoms with van der Waals surface area (Å²) in [6.45, 7) is 2.19. The predicted molar refractivity (Wildman–Crippen MR) is 152 cm³/mol. The molecule has 1 saturated carbocycles. The lowest BCUT2D eigenvalue weighted by molar-refractivity contribution is -0.141. The minimum atomic E-state index is -4.79. The van der Waals surface area contributed by atoms with E-state index < -0.39 is 23.3 Å². The molecule has 1 aliphatic carbocycles. The summed E-state index contributed by atoms with van der Waals surface area (Å²) in [5.41, 5.74) is -0.0757. The Hall–Kier alpha value is -4.19. The number of hydrogen-bond donors (Lipinski definition) is 2. The van der Waals surface area contributed by atoms with E-state index in [1.807, 2.05) is 24.3 Å². The van der Waals surface area contributed by atoms with Crippen molar-refractivity contribution in [2.75, 3.05) is 5.32 Å². The molecule has 1 aliphatic rings. The summed E-state index contributed by atoms with van der Waals surface area (Å²) in [5, 5.41) is 5.33. The molecule has 0 bridgehead atoms. The number of alkyl halides is 3. The van der Waals surface area contributed by atoms with Gasteiger partial charge in [-0.15, -0.1) is 0 Å². The van der Waals surface area contributed by atoms with Crippen LogP contribution in [-0.2, 0) is 17.5 Å². The maximum Gasteiger partial charge on any atom is 0.434 e. The van der Waals surface area contributed by atoms with Gasteiger partial charge in [0.05, 0.1) is 33.5 Å². The molecule has 0 unspecified atom stereocenters. The zero-order valence-corrected chi connectivity index (χ0v) is 23.4. The van der Waals surface area contributed by atoms with Crippen LogP contribution in [0, 0.1) is 5.92 Å². The van der Waals surface area contributed by atoms with Gasteiger partial charge in [-0.3, -0.25) is 18.7 Å². The van der Waals surface area contributed by atoms with Crippen molar-refractivity contribution < 1.29 is 22.8 Å². The Kier molecular flexibility index (Phi) is 8.35. The summed E-state index contributed by atoms with van der Waals surface area (Å²) < 4.78 is 43.4. The molecule has 1 aromatic carbocycles.